The average molecular weight is 297 g/mol. The lowest BCUT2D eigenvalue weighted by Gasteiger charge is -2.13. The zero-order valence-corrected chi connectivity index (χ0v) is 13.1. The maximum absolute atomic E-state index is 11.4. The molecule has 0 saturated heterocycles. The van der Waals surface area contributed by atoms with Crippen molar-refractivity contribution in [1.29, 1.82) is 0 Å². The number of nitrogens with one attached hydrogen (secondary N) is 1. The number of sulfone groups is 1. The lowest BCUT2D eigenvalue weighted by atomic mass is 10.1. The molecule has 2 N–H and O–H groups in total. The van der Waals surface area contributed by atoms with Gasteiger partial charge in [-0.3, -0.25) is 0 Å². The van der Waals surface area contributed by atoms with Crippen LogP contribution in [0.1, 0.15) is 31.9 Å². The Kier molecular flexibility index (Phi) is 4.23. The van der Waals surface area contributed by atoms with Gasteiger partial charge in [0.2, 0.25) is 0 Å². The van der Waals surface area contributed by atoms with Gasteiger partial charge in [0.15, 0.2) is 9.84 Å². The lowest BCUT2D eigenvalue weighted by molar-refractivity contribution is 0.174. The lowest BCUT2D eigenvalue weighted by Crippen LogP contribution is -2.24. The highest BCUT2D eigenvalue weighted by Crippen LogP contribution is 2.50. The summed E-state index contributed by atoms with van der Waals surface area (Å²) in [6.07, 6.45) is 1.81. The van der Waals surface area contributed by atoms with Crippen molar-refractivity contribution in [3.05, 3.63) is 29.8 Å². The summed E-state index contributed by atoms with van der Waals surface area (Å²) in [5.74, 6) is 0.697. The van der Waals surface area contributed by atoms with Crippen LogP contribution in [0.5, 0.6) is 0 Å². The molecule has 1 aliphatic carbocycles. The third kappa shape index (κ3) is 3.81. The molecule has 4 nitrogen and oxygen atoms in total. The Morgan fingerprint density at radius 3 is 2.35 bits per heavy atom. The molecule has 0 heterocycles. The molecule has 112 valence electrons. The first-order valence-corrected chi connectivity index (χ1v) is 8.78. The van der Waals surface area contributed by atoms with Gasteiger partial charge in [-0.2, -0.15) is 0 Å². The van der Waals surface area contributed by atoms with E-state index >= 15 is 0 Å². The number of rotatable bonds is 6. The highest BCUT2D eigenvalue weighted by Gasteiger charge is 2.44. The van der Waals surface area contributed by atoms with Crippen molar-refractivity contribution >= 4 is 9.84 Å². The smallest absolute Gasteiger partial charge is 0.175 e. The molecule has 2 unspecified atom stereocenters. The average Bonchev–Trinajstić information content (AvgIpc) is 2.96. The van der Waals surface area contributed by atoms with Crippen LogP contribution in [0.3, 0.4) is 0 Å². The zero-order valence-electron chi connectivity index (χ0n) is 12.3. The Balaban J connectivity index is 1.85. The van der Waals surface area contributed by atoms with Gasteiger partial charge in [0.1, 0.15) is 0 Å². The van der Waals surface area contributed by atoms with E-state index in [0.717, 1.165) is 12.1 Å². The Labute approximate surface area is 121 Å². The molecular weight excluding hydrogens is 274 g/mol. The van der Waals surface area contributed by atoms with Crippen LogP contribution in [-0.4, -0.2) is 32.9 Å². The van der Waals surface area contributed by atoms with Crippen LogP contribution in [0.15, 0.2) is 29.2 Å². The number of aliphatic hydroxyl groups is 1. The van der Waals surface area contributed by atoms with Crippen molar-refractivity contribution in [2.24, 2.45) is 11.3 Å². The summed E-state index contributed by atoms with van der Waals surface area (Å²) < 4.78 is 22.7. The molecule has 0 bridgehead atoms. The van der Waals surface area contributed by atoms with Gasteiger partial charge in [0, 0.05) is 12.8 Å². The third-order valence-electron chi connectivity index (χ3n) is 4.14. The molecule has 0 amide bonds. The van der Waals surface area contributed by atoms with E-state index in [-0.39, 0.29) is 4.90 Å². The van der Waals surface area contributed by atoms with E-state index < -0.39 is 15.9 Å². The van der Waals surface area contributed by atoms with E-state index in [0.29, 0.717) is 17.9 Å². The van der Waals surface area contributed by atoms with Crippen LogP contribution in [0.2, 0.25) is 0 Å². The molecule has 0 aromatic heterocycles. The fourth-order valence-corrected chi connectivity index (χ4v) is 3.00. The summed E-state index contributed by atoms with van der Waals surface area (Å²) in [7, 11) is -3.18. The minimum absolute atomic E-state index is 0.279. The minimum Gasteiger partial charge on any atom is -0.387 e. The fourth-order valence-electron chi connectivity index (χ4n) is 2.37. The Hall–Kier alpha value is -0.910. The second-order valence-electron chi connectivity index (χ2n) is 6.40. The molecule has 1 saturated carbocycles. The van der Waals surface area contributed by atoms with Crippen molar-refractivity contribution in [1.82, 2.24) is 5.32 Å². The molecule has 0 aliphatic heterocycles. The SMILES string of the molecule is CC1(C)CC1CNCC(O)c1ccc(S(C)(=O)=O)cc1. The Morgan fingerprint density at radius 2 is 1.90 bits per heavy atom. The van der Waals surface area contributed by atoms with Gasteiger partial charge in [0.25, 0.3) is 0 Å². The molecule has 1 aromatic rings. The van der Waals surface area contributed by atoms with Crippen LogP contribution in [0, 0.1) is 11.3 Å². The molecule has 1 aromatic carbocycles. The summed E-state index contributed by atoms with van der Waals surface area (Å²) in [4.78, 5) is 0.279. The first kappa shape index (κ1) is 15.5. The summed E-state index contributed by atoms with van der Waals surface area (Å²) in [6.45, 7) is 5.91. The molecule has 1 fully saturated rings. The van der Waals surface area contributed by atoms with E-state index in [9.17, 15) is 13.5 Å². The summed E-state index contributed by atoms with van der Waals surface area (Å²) in [5.41, 5.74) is 1.18. The molecule has 1 aliphatic rings. The highest BCUT2D eigenvalue weighted by atomic mass is 32.2. The van der Waals surface area contributed by atoms with E-state index in [2.05, 4.69) is 19.2 Å². The number of benzene rings is 1. The predicted octanol–water partition coefficient (Wildman–Crippen LogP) is 1.76. The van der Waals surface area contributed by atoms with Crippen LogP contribution in [0.25, 0.3) is 0 Å². The first-order valence-electron chi connectivity index (χ1n) is 6.89. The summed E-state index contributed by atoms with van der Waals surface area (Å²) in [6, 6.07) is 6.42. The normalized spacial score (nSPS) is 22.5. The topological polar surface area (TPSA) is 66.4 Å². The van der Waals surface area contributed by atoms with Crippen LogP contribution in [-0.2, 0) is 9.84 Å². The van der Waals surface area contributed by atoms with Crippen molar-refractivity contribution in [2.45, 2.75) is 31.3 Å². The van der Waals surface area contributed by atoms with E-state index in [1.54, 1.807) is 12.1 Å². The van der Waals surface area contributed by atoms with Gasteiger partial charge in [0.05, 0.1) is 11.0 Å². The Morgan fingerprint density at radius 1 is 1.35 bits per heavy atom. The molecule has 5 heteroatoms. The second-order valence-corrected chi connectivity index (χ2v) is 8.42. The van der Waals surface area contributed by atoms with E-state index in [4.69, 9.17) is 0 Å². The zero-order chi connectivity index (χ0) is 15.0. The van der Waals surface area contributed by atoms with E-state index in [1.165, 1.54) is 24.8 Å². The van der Waals surface area contributed by atoms with Gasteiger partial charge in [-0.1, -0.05) is 26.0 Å². The Bertz CT molecular complexity index is 563. The standard InChI is InChI=1S/C15H23NO3S/c1-15(2)8-12(15)9-16-10-14(17)11-4-6-13(7-5-11)20(3,18)19/h4-7,12,14,16-17H,8-10H2,1-3H3. The van der Waals surface area contributed by atoms with Gasteiger partial charge < -0.3 is 10.4 Å². The van der Waals surface area contributed by atoms with Crippen molar-refractivity contribution in [3.8, 4) is 0 Å². The fraction of sp³-hybridized carbons (Fsp3) is 0.600. The maximum atomic E-state index is 11.4. The molecule has 20 heavy (non-hydrogen) atoms. The van der Waals surface area contributed by atoms with Gasteiger partial charge in [-0.05, 0) is 42.0 Å². The first-order chi connectivity index (χ1) is 9.20. The van der Waals surface area contributed by atoms with Gasteiger partial charge >= 0.3 is 0 Å². The largest absolute Gasteiger partial charge is 0.387 e. The predicted molar refractivity (Wildman–Crippen MR) is 79.3 cm³/mol. The second kappa shape index (κ2) is 5.47. The van der Waals surface area contributed by atoms with E-state index in [1.807, 2.05) is 0 Å². The van der Waals surface area contributed by atoms with Crippen LogP contribution < -0.4 is 5.32 Å². The molecule has 2 atom stereocenters. The van der Waals surface area contributed by atoms with Crippen molar-refractivity contribution in [3.63, 3.8) is 0 Å². The van der Waals surface area contributed by atoms with Crippen LogP contribution >= 0.6 is 0 Å². The third-order valence-corrected chi connectivity index (χ3v) is 5.27. The molecule has 2 rings (SSSR count). The molecule has 0 spiro atoms. The number of aliphatic hydroxyl groups excluding tert-OH is 1. The molecule has 0 radical (unpaired) electrons. The maximum Gasteiger partial charge on any atom is 0.175 e. The quantitative estimate of drug-likeness (QED) is 0.839. The molecular formula is C15H23NO3S. The number of hydrogen-bond acceptors (Lipinski definition) is 4. The highest BCUT2D eigenvalue weighted by molar-refractivity contribution is 7.90. The summed E-state index contributed by atoms with van der Waals surface area (Å²) >= 11 is 0. The van der Waals surface area contributed by atoms with Crippen molar-refractivity contribution in [2.75, 3.05) is 19.3 Å². The summed E-state index contributed by atoms with van der Waals surface area (Å²) in [5, 5.41) is 13.3. The number of hydrogen-bond donors (Lipinski definition) is 2. The monoisotopic (exact) mass is 297 g/mol. The van der Waals surface area contributed by atoms with Gasteiger partial charge in [-0.15, -0.1) is 0 Å². The van der Waals surface area contributed by atoms with Gasteiger partial charge in [-0.25, -0.2) is 8.42 Å². The minimum atomic E-state index is -3.18. The van der Waals surface area contributed by atoms with Crippen molar-refractivity contribution < 1.29 is 13.5 Å². The van der Waals surface area contributed by atoms with Crippen LogP contribution in [0.4, 0.5) is 0 Å².